The number of rotatable bonds is 3. The molecule has 0 aliphatic heterocycles. The van der Waals surface area contributed by atoms with Gasteiger partial charge in [-0.2, -0.15) is 0 Å². The summed E-state index contributed by atoms with van der Waals surface area (Å²) < 4.78 is 14.9. The maximum Gasteiger partial charge on any atom is 0.254 e. The van der Waals surface area contributed by atoms with Crippen molar-refractivity contribution >= 4 is 28.5 Å². The Balaban J connectivity index is 2.22. The lowest BCUT2D eigenvalue weighted by Crippen LogP contribution is -2.30. The van der Waals surface area contributed by atoms with E-state index in [-0.39, 0.29) is 17.8 Å². The smallest absolute Gasteiger partial charge is 0.254 e. The Morgan fingerprint density at radius 1 is 1.15 bits per heavy atom. The monoisotopic (exact) mass is 383 g/mol. The van der Waals surface area contributed by atoms with Crippen LogP contribution in [0, 0.1) is 9.39 Å². The zero-order valence-corrected chi connectivity index (χ0v) is 13.5. The van der Waals surface area contributed by atoms with Crippen molar-refractivity contribution in [3.63, 3.8) is 0 Å². The van der Waals surface area contributed by atoms with Gasteiger partial charge in [-0.25, -0.2) is 4.39 Å². The highest BCUT2D eigenvalue weighted by molar-refractivity contribution is 14.1. The molecule has 0 bridgehead atoms. The van der Waals surface area contributed by atoms with Gasteiger partial charge in [0, 0.05) is 21.7 Å². The van der Waals surface area contributed by atoms with Crippen LogP contribution in [0.3, 0.4) is 0 Å². The molecule has 1 atom stereocenters. The van der Waals surface area contributed by atoms with Crippen LogP contribution in [0.2, 0.25) is 0 Å². The Bertz CT molecular complexity index is 612. The molecule has 0 fully saturated rings. The molecular weight excluding hydrogens is 368 g/mol. The number of hydrogen-bond acceptors (Lipinski definition) is 1. The average molecular weight is 383 g/mol. The van der Waals surface area contributed by atoms with Gasteiger partial charge in [-0.05, 0) is 59.8 Å². The Morgan fingerprint density at radius 3 is 2.35 bits per heavy atom. The van der Waals surface area contributed by atoms with Gasteiger partial charge in [-0.15, -0.1) is 0 Å². The highest BCUT2D eigenvalue weighted by atomic mass is 127. The molecule has 2 rings (SSSR count). The second kappa shape index (κ2) is 6.35. The summed E-state index contributed by atoms with van der Waals surface area (Å²) in [7, 11) is 1.69. The molecule has 1 unspecified atom stereocenters. The normalized spacial score (nSPS) is 12.0. The van der Waals surface area contributed by atoms with E-state index in [2.05, 4.69) is 22.6 Å². The van der Waals surface area contributed by atoms with Crippen molar-refractivity contribution in [2.24, 2.45) is 0 Å². The van der Waals surface area contributed by atoms with Crippen molar-refractivity contribution in [3.8, 4) is 0 Å². The number of benzene rings is 2. The van der Waals surface area contributed by atoms with Crippen molar-refractivity contribution in [2.45, 2.75) is 13.0 Å². The van der Waals surface area contributed by atoms with Gasteiger partial charge < -0.3 is 4.90 Å². The first-order valence-electron chi connectivity index (χ1n) is 6.28. The lowest BCUT2D eigenvalue weighted by atomic mass is 10.1. The summed E-state index contributed by atoms with van der Waals surface area (Å²) in [6.45, 7) is 1.82. The molecule has 0 radical (unpaired) electrons. The number of halogens is 2. The maximum absolute atomic E-state index is 13.8. The van der Waals surface area contributed by atoms with Crippen molar-refractivity contribution in [1.29, 1.82) is 0 Å². The van der Waals surface area contributed by atoms with Crippen LogP contribution >= 0.6 is 22.6 Å². The molecule has 0 saturated carbocycles. The predicted octanol–water partition coefficient (Wildman–Crippen LogP) is 4.26. The van der Waals surface area contributed by atoms with Crippen LogP contribution in [0.15, 0.2) is 48.5 Å². The highest BCUT2D eigenvalue weighted by Gasteiger charge is 2.20. The number of nitrogens with zero attached hydrogens (tertiary/aromatic N) is 1. The third kappa shape index (κ3) is 3.17. The fourth-order valence-electron chi connectivity index (χ4n) is 1.99. The van der Waals surface area contributed by atoms with E-state index in [1.165, 1.54) is 6.07 Å². The van der Waals surface area contributed by atoms with E-state index in [9.17, 15) is 9.18 Å². The largest absolute Gasteiger partial charge is 0.335 e. The van der Waals surface area contributed by atoms with Gasteiger partial charge in [0.25, 0.3) is 5.91 Å². The van der Waals surface area contributed by atoms with E-state index in [1.807, 2.05) is 19.1 Å². The summed E-state index contributed by atoms with van der Waals surface area (Å²) in [5.74, 6) is -0.403. The molecule has 0 spiro atoms. The summed E-state index contributed by atoms with van der Waals surface area (Å²) >= 11 is 2.19. The van der Waals surface area contributed by atoms with Gasteiger partial charge in [0.2, 0.25) is 0 Å². The minimum absolute atomic E-state index is 0.114. The molecule has 1 amide bonds. The van der Waals surface area contributed by atoms with Crippen molar-refractivity contribution in [2.75, 3.05) is 7.05 Å². The summed E-state index contributed by atoms with van der Waals surface area (Å²) in [5.41, 5.74) is 1.13. The fraction of sp³-hybridized carbons (Fsp3) is 0.188. The van der Waals surface area contributed by atoms with Crippen LogP contribution in [0.4, 0.5) is 4.39 Å². The minimum atomic E-state index is -0.317. The topological polar surface area (TPSA) is 20.3 Å². The van der Waals surface area contributed by atoms with Gasteiger partial charge in [-0.1, -0.05) is 18.2 Å². The first kappa shape index (κ1) is 15.0. The Hall–Kier alpha value is -1.43. The number of amides is 1. The predicted molar refractivity (Wildman–Crippen MR) is 86.1 cm³/mol. The number of carbonyl (C=O) groups is 1. The van der Waals surface area contributed by atoms with E-state index in [4.69, 9.17) is 0 Å². The second-order valence-electron chi connectivity index (χ2n) is 4.62. The Kier molecular flexibility index (Phi) is 4.75. The third-order valence-electron chi connectivity index (χ3n) is 3.35. The quantitative estimate of drug-likeness (QED) is 0.726. The molecule has 20 heavy (non-hydrogen) atoms. The van der Waals surface area contributed by atoms with Crippen LogP contribution in [-0.4, -0.2) is 17.9 Å². The molecule has 0 saturated heterocycles. The molecule has 4 heteroatoms. The first-order valence-corrected chi connectivity index (χ1v) is 7.35. The minimum Gasteiger partial charge on any atom is -0.335 e. The molecule has 0 aliphatic rings. The standard InChI is InChI=1S/C16H15FINO/c1-11(14-5-3-4-6-15(14)17)19(2)16(20)12-7-9-13(18)10-8-12/h3-11H,1-2H3. The molecule has 2 aromatic rings. The van der Waals surface area contributed by atoms with Crippen LogP contribution in [-0.2, 0) is 0 Å². The van der Waals surface area contributed by atoms with E-state index in [0.717, 1.165) is 3.57 Å². The van der Waals surface area contributed by atoms with Gasteiger partial charge in [0.15, 0.2) is 0 Å². The lowest BCUT2D eigenvalue weighted by Gasteiger charge is -2.25. The van der Waals surface area contributed by atoms with Gasteiger partial charge >= 0.3 is 0 Å². The Morgan fingerprint density at radius 2 is 1.75 bits per heavy atom. The Labute approximate surface area is 131 Å². The molecule has 2 aromatic carbocycles. The van der Waals surface area contributed by atoms with Crippen LogP contribution in [0.25, 0.3) is 0 Å². The van der Waals surface area contributed by atoms with Crippen LogP contribution < -0.4 is 0 Å². The summed E-state index contributed by atoms with van der Waals surface area (Å²) in [5, 5.41) is 0. The summed E-state index contributed by atoms with van der Waals surface area (Å²) in [4.78, 5) is 13.9. The first-order chi connectivity index (χ1) is 9.50. The summed E-state index contributed by atoms with van der Waals surface area (Å²) in [6.07, 6.45) is 0. The molecular formula is C16H15FINO. The van der Waals surface area contributed by atoms with Crippen LogP contribution in [0.1, 0.15) is 28.9 Å². The van der Waals surface area contributed by atoms with Gasteiger partial charge in [0.05, 0.1) is 6.04 Å². The van der Waals surface area contributed by atoms with E-state index in [1.54, 1.807) is 42.3 Å². The zero-order valence-electron chi connectivity index (χ0n) is 11.3. The van der Waals surface area contributed by atoms with Gasteiger partial charge in [-0.3, -0.25) is 4.79 Å². The van der Waals surface area contributed by atoms with Crippen molar-refractivity contribution in [3.05, 3.63) is 69.0 Å². The van der Waals surface area contributed by atoms with E-state index in [0.29, 0.717) is 11.1 Å². The summed E-state index contributed by atoms with van der Waals surface area (Å²) in [6, 6.07) is 13.6. The molecule has 104 valence electrons. The molecule has 2 nitrogen and oxygen atoms in total. The number of carbonyl (C=O) groups excluding carboxylic acids is 1. The molecule has 0 heterocycles. The second-order valence-corrected chi connectivity index (χ2v) is 5.87. The number of hydrogen-bond donors (Lipinski definition) is 0. The van der Waals surface area contributed by atoms with Crippen molar-refractivity contribution < 1.29 is 9.18 Å². The third-order valence-corrected chi connectivity index (χ3v) is 4.07. The fourth-order valence-corrected chi connectivity index (χ4v) is 2.35. The SMILES string of the molecule is CC(c1ccccc1F)N(C)C(=O)c1ccc(I)cc1. The molecule has 0 aromatic heterocycles. The lowest BCUT2D eigenvalue weighted by molar-refractivity contribution is 0.0740. The van der Waals surface area contributed by atoms with E-state index >= 15 is 0 Å². The zero-order chi connectivity index (χ0) is 14.7. The van der Waals surface area contributed by atoms with E-state index < -0.39 is 0 Å². The average Bonchev–Trinajstić information content (AvgIpc) is 2.46. The molecule has 0 N–H and O–H groups in total. The maximum atomic E-state index is 13.8. The highest BCUT2D eigenvalue weighted by Crippen LogP contribution is 2.23. The molecule has 0 aliphatic carbocycles. The van der Waals surface area contributed by atoms with Gasteiger partial charge in [0.1, 0.15) is 5.82 Å². The van der Waals surface area contributed by atoms with Crippen LogP contribution in [0.5, 0.6) is 0 Å². The van der Waals surface area contributed by atoms with Crippen molar-refractivity contribution in [1.82, 2.24) is 4.90 Å².